The minimum Gasteiger partial charge on any atom is -0.495 e. The predicted molar refractivity (Wildman–Crippen MR) is 75.6 cm³/mol. The van der Waals surface area contributed by atoms with Crippen LogP contribution in [0.2, 0.25) is 5.28 Å². The number of rotatable bonds is 4. The molecule has 0 fully saturated rings. The molecule has 0 saturated carbocycles. The monoisotopic (exact) mass is 313 g/mol. The Balaban J connectivity index is 2.46. The minimum absolute atomic E-state index is 0.0103. The third-order valence-electron chi connectivity index (χ3n) is 2.68. The molecule has 2 rings (SSSR count). The van der Waals surface area contributed by atoms with Gasteiger partial charge in [-0.25, -0.2) is 18.4 Å². The molecule has 0 saturated heterocycles. The molecule has 0 unspecified atom stereocenters. The predicted octanol–water partition coefficient (Wildman–Crippen LogP) is 1.96. The van der Waals surface area contributed by atoms with Gasteiger partial charge in [0.25, 0.3) is 10.0 Å². The molecule has 0 atom stereocenters. The Morgan fingerprint density at radius 1 is 1.20 bits per heavy atom. The lowest BCUT2D eigenvalue weighted by Crippen LogP contribution is -2.27. The summed E-state index contributed by atoms with van der Waals surface area (Å²) in [6.45, 7) is 0. The summed E-state index contributed by atoms with van der Waals surface area (Å²) in [5, 5.41) is -0.0103. The molecule has 2 aromatic rings. The lowest BCUT2D eigenvalue weighted by Gasteiger charge is -2.21. The van der Waals surface area contributed by atoms with E-state index in [1.807, 2.05) is 0 Å². The molecule has 6 nitrogen and oxygen atoms in total. The number of ether oxygens (including phenoxy) is 1. The number of aromatic nitrogens is 2. The van der Waals surface area contributed by atoms with Crippen molar-refractivity contribution in [1.29, 1.82) is 0 Å². The second-order valence-electron chi connectivity index (χ2n) is 3.83. The van der Waals surface area contributed by atoms with E-state index in [2.05, 4.69) is 9.97 Å². The standard InChI is InChI=1S/C12H12ClN3O3S/c1-16(10-5-3-4-6-11(10)19-2)20(17,18)9-7-14-12(13)15-8-9/h3-8H,1-2H3. The normalized spacial score (nSPS) is 11.2. The van der Waals surface area contributed by atoms with Gasteiger partial charge in [-0.05, 0) is 23.7 Å². The highest BCUT2D eigenvalue weighted by atomic mass is 35.5. The molecule has 0 amide bonds. The van der Waals surface area contributed by atoms with Crippen molar-refractivity contribution in [1.82, 2.24) is 9.97 Å². The van der Waals surface area contributed by atoms with Crippen LogP contribution >= 0.6 is 11.6 Å². The highest BCUT2D eigenvalue weighted by molar-refractivity contribution is 7.92. The van der Waals surface area contributed by atoms with Crippen LogP contribution in [0.3, 0.4) is 0 Å². The Kier molecular flexibility index (Phi) is 4.10. The van der Waals surface area contributed by atoms with E-state index in [0.717, 1.165) is 16.7 Å². The third-order valence-corrected chi connectivity index (χ3v) is 4.60. The zero-order valence-electron chi connectivity index (χ0n) is 10.8. The Bertz CT molecular complexity index is 704. The number of hydrogen-bond donors (Lipinski definition) is 0. The second kappa shape index (κ2) is 5.64. The van der Waals surface area contributed by atoms with Gasteiger partial charge in [0.15, 0.2) is 0 Å². The van der Waals surface area contributed by atoms with Gasteiger partial charge in [-0.3, -0.25) is 4.31 Å². The van der Waals surface area contributed by atoms with E-state index < -0.39 is 10.0 Å². The average Bonchev–Trinajstić information content (AvgIpc) is 2.46. The zero-order chi connectivity index (χ0) is 14.8. The van der Waals surface area contributed by atoms with Gasteiger partial charge in [-0.2, -0.15) is 0 Å². The molecule has 1 aromatic heterocycles. The van der Waals surface area contributed by atoms with Crippen LogP contribution in [0.15, 0.2) is 41.6 Å². The summed E-state index contributed by atoms with van der Waals surface area (Å²) in [7, 11) is -0.862. The van der Waals surface area contributed by atoms with Gasteiger partial charge in [-0.1, -0.05) is 12.1 Å². The molecular weight excluding hydrogens is 302 g/mol. The van der Waals surface area contributed by atoms with Crippen LogP contribution in [0, 0.1) is 0 Å². The van der Waals surface area contributed by atoms with Crippen LogP contribution in [-0.4, -0.2) is 32.5 Å². The van der Waals surface area contributed by atoms with Crippen molar-refractivity contribution in [3.8, 4) is 5.75 Å². The van der Waals surface area contributed by atoms with Crippen LogP contribution in [0.5, 0.6) is 5.75 Å². The summed E-state index contributed by atoms with van der Waals surface area (Å²) in [4.78, 5) is 7.32. The third kappa shape index (κ3) is 2.68. The van der Waals surface area contributed by atoms with Gasteiger partial charge in [0.2, 0.25) is 5.28 Å². The van der Waals surface area contributed by atoms with E-state index in [9.17, 15) is 8.42 Å². The average molecular weight is 314 g/mol. The van der Waals surface area contributed by atoms with Crippen molar-refractivity contribution in [2.24, 2.45) is 0 Å². The van der Waals surface area contributed by atoms with Crippen LogP contribution < -0.4 is 9.04 Å². The minimum atomic E-state index is -3.77. The molecule has 0 spiro atoms. The smallest absolute Gasteiger partial charge is 0.267 e. The molecule has 0 N–H and O–H groups in total. The molecule has 0 bridgehead atoms. The molecule has 0 aliphatic rings. The van der Waals surface area contributed by atoms with Crippen LogP contribution in [0.1, 0.15) is 0 Å². The van der Waals surface area contributed by atoms with Gasteiger partial charge in [0.05, 0.1) is 25.2 Å². The van der Waals surface area contributed by atoms with Crippen molar-refractivity contribution < 1.29 is 13.2 Å². The number of benzene rings is 1. The molecule has 0 aliphatic carbocycles. The summed E-state index contributed by atoms with van der Waals surface area (Å²) < 4.78 is 31.2. The maximum absolute atomic E-state index is 12.5. The first-order chi connectivity index (χ1) is 9.46. The van der Waals surface area contributed by atoms with Crippen molar-refractivity contribution in [3.05, 3.63) is 41.9 Å². The Labute approximate surface area is 122 Å². The van der Waals surface area contributed by atoms with Gasteiger partial charge in [-0.15, -0.1) is 0 Å². The van der Waals surface area contributed by atoms with Crippen LogP contribution in [0.4, 0.5) is 5.69 Å². The Morgan fingerprint density at radius 2 is 1.80 bits per heavy atom. The lowest BCUT2D eigenvalue weighted by atomic mass is 10.3. The maximum atomic E-state index is 12.5. The van der Waals surface area contributed by atoms with E-state index in [1.165, 1.54) is 14.2 Å². The number of anilines is 1. The van der Waals surface area contributed by atoms with Crippen molar-refractivity contribution in [2.75, 3.05) is 18.5 Å². The number of nitrogens with zero attached hydrogens (tertiary/aromatic N) is 3. The Hall–Kier alpha value is -1.86. The van der Waals surface area contributed by atoms with Crippen molar-refractivity contribution in [3.63, 3.8) is 0 Å². The zero-order valence-corrected chi connectivity index (χ0v) is 12.4. The van der Waals surface area contributed by atoms with Gasteiger partial charge >= 0.3 is 0 Å². The molecule has 8 heteroatoms. The summed E-state index contributed by atoms with van der Waals surface area (Å²) >= 11 is 5.56. The van der Waals surface area contributed by atoms with E-state index in [0.29, 0.717) is 11.4 Å². The van der Waals surface area contributed by atoms with Gasteiger partial charge in [0, 0.05) is 7.05 Å². The molecule has 1 heterocycles. The first-order valence-corrected chi connectivity index (χ1v) is 7.38. The SMILES string of the molecule is COc1ccccc1N(C)S(=O)(=O)c1cnc(Cl)nc1. The van der Waals surface area contributed by atoms with Crippen LogP contribution in [0.25, 0.3) is 0 Å². The Morgan fingerprint density at radius 3 is 2.40 bits per heavy atom. The topological polar surface area (TPSA) is 72.4 Å². The molecule has 20 heavy (non-hydrogen) atoms. The van der Waals surface area contributed by atoms with Gasteiger partial charge in [0.1, 0.15) is 10.6 Å². The summed E-state index contributed by atoms with van der Waals surface area (Å²) in [6.07, 6.45) is 2.33. The second-order valence-corrected chi connectivity index (χ2v) is 6.14. The fourth-order valence-electron chi connectivity index (χ4n) is 1.61. The van der Waals surface area contributed by atoms with Crippen molar-refractivity contribution >= 4 is 27.3 Å². The summed E-state index contributed by atoms with van der Waals surface area (Å²) in [6, 6.07) is 6.81. The highest BCUT2D eigenvalue weighted by Gasteiger charge is 2.24. The molecule has 106 valence electrons. The van der Waals surface area contributed by atoms with E-state index >= 15 is 0 Å². The van der Waals surface area contributed by atoms with E-state index in [4.69, 9.17) is 16.3 Å². The maximum Gasteiger partial charge on any atom is 0.267 e. The largest absolute Gasteiger partial charge is 0.495 e. The fraction of sp³-hybridized carbons (Fsp3) is 0.167. The number of para-hydroxylation sites is 2. The molecule has 0 radical (unpaired) electrons. The first kappa shape index (κ1) is 14.5. The summed E-state index contributed by atoms with van der Waals surface area (Å²) in [5.74, 6) is 0.452. The first-order valence-electron chi connectivity index (χ1n) is 5.56. The highest BCUT2D eigenvalue weighted by Crippen LogP contribution is 2.30. The van der Waals surface area contributed by atoms with Crippen molar-refractivity contribution in [2.45, 2.75) is 4.90 Å². The molecule has 0 aliphatic heterocycles. The molecule has 1 aromatic carbocycles. The number of sulfonamides is 1. The number of halogens is 1. The quantitative estimate of drug-likeness (QED) is 0.807. The summed E-state index contributed by atoms with van der Waals surface area (Å²) in [5.41, 5.74) is 0.421. The van der Waals surface area contributed by atoms with E-state index in [-0.39, 0.29) is 10.2 Å². The number of methoxy groups -OCH3 is 1. The molecular formula is C12H12ClN3O3S. The lowest BCUT2D eigenvalue weighted by molar-refractivity contribution is 0.416. The number of hydrogen-bond acceptors (Lipinski definition) is 5. The van der Waals surface area contributed by atoms with Crippen LogP contribution in [-0.2, 0) is 10.0 Å². The van der Waals surface area contributed by atoms with Gasteiger partial charge < -0.3 is 4.74 Å². The van der Waals surface area contributed by atoms with E-state index in [1.54, 1.807) is 24.3 Å². The fourth-order valence-corrected chi connectivity index (χ4v) is 2.81.